The van der Waals surface area contributed by atoms with Crippen molar-refractivity contribution in [3.05, 3.63) is 48.0 Å². The summed E-state index contributed by atoms with van der Waals surface area (Å²) < 4.78 is 9.96. The van der Waals surface area contributed by atoms with Gasteiger partial charge in [0.05, 0.1) is 7.11 Å². The molecule has 5 heteroatoms. The summed E-state index contributed by atoms with van der Waals surface area (Å²) in [6, 6.07) is 11.6. The highest BCUT2D eigenvalue weighted by Gasteiger charge is 2.02. The molecule has 2 rings (SSSR count). The third-order valence-electron chi connectivity index (χ3n) is 3.11. The normalized spacial score (nSPS) is 10.6. The van der Waals surface area contributed by atoms with E-state index in [1.165, 1.54) is 13.1 Å². The lowest BCUT2D eigenvalue weighted by atomic mass is 10.1. The van der Waals surface area contributed by atoms with Crippen LogP contribution in [-0.4, -0.2) is 32.6 Å². The second-order valence-electron chi connectivity index (χ2n) is 4.59. The Bertz CT molecular complexity index is 722. The van der Waals surface area contributed by atoms with Crippen LogP contribution in [0.3, 0.4) is 0 Å². The zero-order valence-electron chi connectivity index (χ0n) is 12.5. The van der Waals surface area contributed by atoms with Gasteiger partial charge in [-0.1, -0.05) is 18.2 Å². The fourth-order valence-electron chi connectivity index (χ4n) is 1.89. The monoisotopic (exact) mass is 299 g/mol. The molecule has 0 bridgehead atoms. The van der Waals surface area contributed by atoms with E-state index in [1.807, 2.05) is 36.4 Å². The van der Waals surface area contributed by atoms with Crippen LogP contribution >= 0.6 is 0 Å². The van der Waals surface area contributed by atoms with Crippen molar-refractivity contribution in [3.8, 4) is 5.75 Å². The zero-order chi connectivity index (χ0) is 15.9. The fraction of sp³-hybridized carbons (Fsp3) is 0.176. The maximum atomic E-state index is 11.5. The quantitative estimate of drug-likeness (QED) is 0.678. The molecule has 0 aliphatic heterocycles. The molecule has 0 atom stereocenters. The predicted molar refractivity (Wildman–Crippen MR) is 84.6 cm³/mol. The molecule has 22 heavy (non-hydrogen) atoms. The number of fused-ring (bicyclic) bond motifs is 1. The molecule has 0 spiro atoms. The van der Waals surface area contributed by atoms with Crippen molar-refractivity contribution in [1.29, 1.82) is 0 Å². The van der Waals surface area contributed by atoms with Crippen LogP contribution in [0.15, 0.2) is 42.5 Å². The van der Waals surface area contributed by atoms with E-state index in [-0.39, 0.29) is 12.5 Å². The van der Waals surface area contributed by atoms with Gasteiger partial charge < -0.3 is 14.8 Å². The minimum absolute atomic E-state index is 0.281. The second-order valence-corrected chi connectivity index (χ2v) is 4.59. The smallest absolute Gasteiger partial charge is 0.331 e. The van der Waals surface area contributed by atoms with Crippen molar-refractivity contribution in [1.82, 2.24) is 5.32 Å². The highest BCUT2D eigenvalue weighted by Crippen LogP contribution is 2.22. The van der Waals surface area contributed by atoms with Gasteiger partial charge in [0.2, 0.25) is 0 Å². The van der Waals surface area contributed by atoms with Gasteiger partial charge in [0.25, 0.3) is 5.91 Å². The summed E-state index contributed by atoms with van der Waals surface area (Å²) in [6.45, 7) is -0.281. The summed E-state index contributed by atoms with van der Waals surface area (Å²) in [7, 11) is 3.11. The Kier molecular flexibility index (Phi) is 5.14. The maximum absolute atomic E-state index is 11.5. The standard InChI is InChI=1S/C17H17NO4/c1-18-16(19)11-22-17(20)8-4-12-3-5-14-10-15(21-2)7-6-13(14)9-12/h3-10H,11H2,1-2H3,(H,18,19)/b8-4+. The molecule has 2 aromatic carbocycles. The number of benzene rings is 2. The first kappa shape index (κ1) is 15.6. The summed E-state index contributed by atoms with van der Waals surface area (Å²) in [6.07, 6.45) is 2.95. The van der Waals surface area contributed by atoms with Crippen molar-refractivity contribution in [2.75, 3.05) is 20.8 Å². The average Bonchev–Trinajstić information content (AvgIpc) is 2.56. The average molecular weight is 299 g/mol. The minimum atomic E-state index is -0.557. The van der Waals surface area contributed by atoms with Crippen molar-refractivity contribution in [2.45, 2.75) is 0 Å². The van der Waals surface area contributed by atoms with Gasteiger partial charge in [0.15, 0.2) is 6.61 Å². The van der Waals surface area contributed by atoms with E-state index >= 15 is 0 Å². The molecular formula is C17H17NO4. The van der Waals surface area contributed by atoms with E-state index in [0.29, 0.717) is 0 Å². The zero-order valence-corrected chi connectivity index (χ0v) is 12.5. The third-order valence-corrected chi connectivity index (χ3v) is 3.11. The van der Waals surface area contributed by atoms with Gasteiger partial charge >= 0.3 is 5.97 Å². The third kappa shape index (κ3) is 4.09. The van der Waals surface area contributed by atoms with E-state index in [1.54, 1.807) is 13.2 Å². The molecule has 0 radical (unpaired) electrons. The van der Waals surface area contributed by atoms with Crippen LogP contribution in [-0.2, 0) is 14.3 Å². The number of carbonyl (C=O) groups is 2. The molecule has 0 unspecified atom stereocenters. The lowest BCUT2D eigenvalue weighted by molar-refractivity contribution is -0.143. The Morgan fingerprint density at radius 2 is 1.86 bits per heavy atom. The molecule has 1 N–H and O–H groups in total. The minimum Gasteiger partial charge on any atom is -0.497 e. The van der Waals surface area contributed by atoms with Gasteiger partial charge in [0.1, 0.15) is 5.75 Å². The summed E-state index contributed by atoms with van der Waals surface area (Å²) in [4.78, 5) is 22.4. The lowest BCUT2D eigenvalue weighted by Gasteiger charge is -2.03. The number of nitrogens with one attached hydrogen (secondary N) is 1. The molecule has 114 valence electrons. The first-order valence-corrected chi connectivity index (χ1v) is 6.75. The summed E-state index contributed by atoms with van der Waals surface area (Å²) in [5.41, 5.74) is 0.870. The van der Waals surface area contributed by atoms with Gasteiger partial charge in [-0.25, -0.2) is 4.79 Å². The SMILES string of the molecule is CNC(=O)COC(=O)/C=C/c1ccc2cc(OC)ccc2c1. The first-order valence-electron chi connectivity index (χ1n) is 6.75. The van der Waals surface area contributed by atoms with Gasteiger partial charge in [-0.3, -0.25) is 4.79 Å². The van der Waals surface area contributed by atoms with Crippen molar-refractivity contribution in [3.63, 3.8) is 0 Å². The number of likely N-dealkylation sites (N-methyl/N-ethyl adjacent to an activating group) is 1. The van der Waals surface area contributed by atoms with E-state index in [2.05, 4.69) is 5.32 Å². The van der Waals surface area contributed by atoms with Crippen LogP contribution in [0.4, 0.5) is 0 Å². The maximum Gasteiger partial charge on any atom is 0.331 e. The number of esters is 1. The largest absolute Gasteiger partial charge is 0.497 e. The molecule has 2 aromatic rings. The van der Waals surface area contributed by atoms with Gasteiger partial charge in [-0.05, 0) is 40.6 Å². The number of hydrogen-bond donors (Lipinski definition) is 1. The second kappa shape index (κ2) is 7.26. The highest BCUT2D eigenvalue weighted by molar-refractivity contribution is 5.91. The molecule has 1 amide bonds. The Labute approximate surface area is 128 Å². The Morgan fingerprint density at radius 1 is 1.14 bits per heavy atom. The number of rotatable bonds is 5. The van der Waals surface area contributed by atoms with Gasteiger partial charge in [0, 0.05) is 13.1 Å². The van der Waals surface area contributed by atoms with E-state index < -0.39 is 5.97 Å². The summed E-state index contributed by atoms with van der Waals surface area (Å²) in [5, 5.41) is 4.47. The fourth-order valence-corrected chi connectivity index (χ4v) is 1.89. The van der Waals surface area contributed by atoms with Crippen molar-refractivity contribution < 1.29 is 19.1 Å². The van der Waals surface area contributed by atoms with Gasteiger partial charge in [-0.2, -0.15) is 0 Å². The molecule has 0 aromatic heterocycles. The van der Waals surface area contributed by atoms with E-state index in [9.17, 15) is 9.59 Å². The van der Waals surface area contributed by atoms with Crippen molar-refractivity contribution in [2.24, 2.45) is 0 Å². The molecule has 0 aliphatic carbocycles. The van der Waals surface area contributed by atoms with Crippen LogP contribution in [0.5, 0.6) is 5.75 Å². The van der Waals surface area contributed by atoms with E-state index in [0.717, 1.165) is 22.1 Å². The number of carbonyl (C=O) groups excluding carboxylic acids is 2. The number of ether oxygens (including phenoxy) is 2. The Hall–Kier alpha value is -2.82. The summed E-state index contributed by atoms with van der Waals surface area (Å²) >= 11 is 0. The van der Waals surface area contributed by atoms with Crippen LogP contribution in [0.1, 0.15) is 5.56 Å². The van der Waals surface area contributed by atoms with Crippen LogP contribution < -0.4 is 10.1 Å². The van der Waals surface area contributed by atoms with Gasteiger partial charge in [-0.15, -0.1) is 0 Å². The molecule has 0 fully saturated rings. The number of hydrogen-bond acceptors (Lipinski definition) is 4. The topological polar surface area (TPSA) is 64.6 Å². The number of methoxy groups -OCH3 is 1. The molecule has 0 heterocycles. The molecular weight excluding hydrogens is 282 g/mol. The molecule has 0 saturated carbocycles. The van der Waals surface area contributed by atoms with Crippen molar-refractivity contribution >= 4 is 28.7 Å². The Morgan fingerprint density at radius 3 is 2.59 bits per heavy atom. The molecule has 0 saturated heterocycles. The van der Waals surface area contributed by atoms with E-state index in [4.69, 9.17) is 9.47 Å². The Balaban J connectivity index is 2.06. The van der Waals surface area contributed by atoms with Crippen LogP contribution in [0.25, 0.3) is 16.8 Å². The lowest BCUT2D eigenvalue weighted by Crippen LogP contribution is -2.24. The first-order chi connectivity index (χ1) is 10.6. The number of amides is 1. The highest BCUT2D eigenvalue weighted by atomic mass is 16.5. The van der Waals surface area contributed by atoms with Crippen LogP contribution in [0, 0.1) is 0 Å². The predicted octanol–water partition coefficient (Wildman–Crippen LogP) is 2.15. The summed E-state index contributed by atoms with van der Waals surface area (Å²) in [5.74, 6) is -0.103. The molecule has 0 aliphatic rings. The van der Waals surface area contributed by atoms with Crippen LogP contribution in [0.2, 0.25) is 0 Å². The molecule has 5 nitrogen and oxygen atoms in total.